The van der Waals surface area contributed by atoms with E-state index in [2.05, 4.69) is 20.7 Å². The second-order valence-electron chi connectivity index (χ2n) is 5.34. The standard InChI is InChI=1S/C17H18N4O3/c1-11-8-14(24-21-11)6-7-18-17(22)16-10-15(19-20-16)12-4-3-5-13(9-12)23-2/h3-5,8-10H,6-7H2,1-2H3,(H,18,22)(H,19,20). The van der Waals surface area contributed by atoms with Crippen molar-refractivity contribution in [1.29, 1.82) is 0 Å². The van der Waals surface area contributed by atoms with Gasteiger partial charge >= 0.3 is 0 Å². The molecule has 2 heterocycles. The number of H-pyrrole nitrogens is 1. The normalized spacial score (nSPS) is 10.6. The van der Waals surface area contributed by atoms with Gasteiger partial charge in [0.15, 0.2) is 0 Å². The van der Waals surface area contributed by atoms with Crippen LogP contribution >= 0.6 is 0 Å². The number of carbonyl (C=O) groups excluding carboxylic acids is 1. The first-order valence-electron chi connectivity index (χ1n) is 7.56. The second kappa shape index (κ2) is 6.99. The van der Waals surface area contributed by atoms with Gasteiger partial charge in [-0.1, -0.05) is 17.3 Å². The number of aryl methyl sites for hydroxylation is 1. The van der Waals surface area contributed by atoms with Crippen molar-refractivity contribution in [3.63, 3.8) is 0 Å². The molecule has 0 unspecified atom stereocenters. The lowest BCUT2D eigenvalue weighted by Crippen LogP contribution is -2.25. The maximum atomic E-state index is 12.2. The van der Waals surface area contributed by atoms with E-state index in [4.69, 9.17) is 9.26 Å². The quantitative estimate of drug-likeness (QED) is 0.725. The molecular weight excluding hydrogens is 308 g/mol. The number of benzene rings is 1. The van der Waals surface area contributed by atoms with E-state index in [9.17, 15) is 4.79 Å². The van der Waals surface area contributed by atoms with Gasteiger partial charge in [-0.15, -0.1) is 0 Å². The Morgan fingerprint density at radius 1 is 1.33 bits per heavy atom. The highest BCUT2D eigenvalue weighted by molar-refractivity contribution is 5.93. The third kappa shape index (κ3) is 3.62. The van der Waals surface area contributed by atoms with Crippen LogP contribution in [-0.4, -0.2) is 34.9 Å². The van der Waals surface area contributed by atoms with Crippen molar-refractivity contribution >= 4 is 5.91 Å². The van der Waals surface area contributed by atoms with Crippen LogP contribution in [0, 0.1) is 6.92 Å². The van der Waals surface area contributed by atoms with Gasteiger partial charge in [0, 0.05) is 24.6 Å². The summed E-state index contributed by atoms with van der Waals surface area (Å²) in [5.74, 6) is 1.27. The minimum atomic E-state index is -0.215. The van der Waals surface area contributed by atoms with E-state index >= 15 is 0 Å². The number of methoxy groups -OCH3 is 1. The van der Waals surface area contributed by atoms with Crippen molar-refractivity contribution < 1.29 is 14.1 Å². The highest BCUT2D eigenvalue weighted by Crippen LogP contribution is 2.22. The van der Waals surface area contributed by atoms with E-state index < -0.39 is 0 Å². The van der Waals surface area contributed by atoms with Crippen LogP contribution < -0.4 is 10.1 Å². The fourth-order valence-electron chi connectivity index (χ4n) is 2.30. The molecule has 0 bridgehead atoms. The minimum absolute atomic E-state index is 0.215. The molecule has 1 aromatic carbocycles. The summed E-state index contributed by atoms with van der Waals surface area (Å²) in [7, 11) is 1.61. The van der Waals surface area contributed by atoms with Crippen molar-refractivity contribution in [3.8, 4) is 17.0 Å². The molecule has 24 heavy (non-hydrogen) atoms. The Labute approximate surface area is 139 Å². The van der Waals surface area contributed by atoms with Crippen molar-refractivity contribution in [2.75, 3.05) is 13.7 Å². The summed E-state index contributed by atoms with van der Waals surface area (Å²) >= 11 is 0. The fraction of sp³-hybridized carbons (Fsp3) is 0.235. The summed E-state index contributed by atoms with van der Waals surface area (Å²) in [6.45, 7) is 2.32. The fourth-order valence-corrected chi connectivity index (χ4v) is 2.30. The molecule has 0 fully saturated rings. The average Bonchev–Trinajstić information content (AvgIpc) is 3.24. The predicted octanol–water partition coefficient (Wildman–Crippen LogP) is 2.35. The first-order valence-corrected chi connectivity index (χ1v) is 7.56. The molecule has 2 N–H and O–H groups in total. The molecule has 0 atom stereocenters. The van der Waals surface area contributed by atoms with Crippen LogP contribution in [0.2, 0.25) is 0 Å². The van der Waals surface area contributed by atoms with Gasteiger partial charge in [0.1, 0.15) is 17.2 Å². The molecule has 3 aromatic rings. The number of nitrogens with zero attached hydrogens (tertiary/aromatic N) is 2. The Hall–Kier alpha value is -3.09. The van der Waals surface area contributed by atoms with E-state index in [1.165, 1.54) is 0 Å². The molecule has 0 saturated carbocycles. The van der Waals surface area contributed by atoms with Crippen LogP contribution in [0.3, 0.4) is 0 Å². The summed E-state index contributed by atoms with van der Waals surface area (Å²) in [5.41, 5.74) is 2.79. The number of aromatic amines is 1. The lowest BCUT2D eigenvalue weighted by atomic mass is 10.1. The molecule has 124 valence electrons. The highest BCUT2D eigenvalue weighted by atomic mass is 16.5. The zero-order valence-electron chi connectivity index (χ0n) is 13.5. The van der Waals surface area contributed by atoms with Gasteiger partial charge in [0.05, 0.1) is 18.5 Å². The Balaban J connectivity index is 1.60. The van der Waals surface area contributed by atoms with Crippen molar-refractivity contribution in [2.24, 2.45) is 0 Å². The van der Waals surface area contributed by atoms with E-state index in [0.29, 0.717) is 24.4 Å². The Morgan fingerprint density at radius 2 is 2.21 bits per heavy atom. The van der Waals surface area contributed by atoms with Crippen LogP contribution in [0.25, 0.3) is 11.3 Å². The van der Waals surface area contributed by atoms with Gasteiger partial charge < -0.3 is 14.6 Å². The number of amides is 1. The zero-order chi connectivity index (χ0) is 16.9. The summed E-state index contributed by atoms with van der Waals surface area (Å²) in [5, 5.41) is 13.6. The number of carbonyl (C=O) groups is 1. The van der Waals surface area contributed by atoms with E-state index in [0.717, 1.165) is 22.8 Å². The van der Waals surface area contributed by atoms with E-state index in [-0.39, 0.29) is 5.91 Å². The van der Waals surface area contributed by atoms with E-state index in [1.54, 1.807) is 13.2 Å². The SMILES string of the molecule is COc1cccc(-c2cc(C(=O)NCCc3cc(C)no3)[nH]n2)c1. The van der Waals surface area contributed by atoms with Crippen molar-refractivity contribution in [3.05, 3.63) is 53.5 Å². The number of aromatic nitrogens is 3. The third-order valence-electron chi connectivity index (χ3n) is 3.52. The Bertz CT molecular complexity index is 838. The monoisotopic (exact) mass is 326 g/mol. The summed E-state index contributed by atoms with van der Waals surface area (Å²) in [6, 6.07) is 11.1. The first kappa shape index (κ1) is 15.8. The van der Waals surface area contributed by atoms with Crippen LogP contribution in [0.4, 0.5) is 0 Å². The molecule has 7 heteroatoms. The van der Waals surface area contributed by atoms with Crippen LogP contribution in [-0.2, 0) is 6.42 Å². The number of nitrogens with one attached hydrogen (secondary N) is 2. The molecule has 0 saturated heterocycles. The number of rotatable bonds is 6. The molecule has 1 amide bonds. The number of hydrogen-bond donors (Lipinski definition) is 2. The van der Waals surface area contributed by atoms with Crippen LogP contribution in [0.15, 0.2) is 40.9 Å². The van der Waals surface area contributed by atoms with Gasteiger partial charge in [-0.3, -0.25) is 9.89 Å². The molecule has 0 aliphatic heterocycles. The van der Waals surface area contributed by atoms with Gasteiger partial charge in [0.2, 0.25) is 0 Å². The summed E-state index contributed by atoms with van der Waals surface area (Å²) < 4.78 is 10.3. The molecule has 7 nitrogen and oxygen atoms in total. The number of hydrogen-bond acceptors (Lipinski definition) is 5. The molecular formula is C17H18N4O3. The van der Waals surface area contributed by atoms with E-state index in [1.807, 2.05) is 37.3 Å². The van der Waals surface area contributed by atoms with Crippen LogP contribution in [0.5, 0.6) is 5.75 Å². The highest BCUT2D eigenvalue weighted by Gasteiger charge is 2.11. The third-order valence-corrected chi connectivity index (χ3v) is 3.52. The lowest BCUT2D eigenvalue weighted by Gasteiger charge is -2.01. The second-order valence-corrected chi connectivity index (χ2v) is 5.34. The summed E-state index contributed by atoms with van der Waals surface area (Å²) in [6.07, 6.45) is 0.587. The topological polar surface area (TPSA) is 93.0 Å². The minimum Gasteiger partial charge on any atom is -0.497 e. The largest absolute Gasteiger partial charge is 0.497 e. The molecule has 0 radical (unpaired) electrons. The molecule has 3 rings (SSSR count). The average molecular weight is 326 g/mol. The lowest BCUT2D eigenvalue weighted by molar-refractivity contribution is 0.0948. The van der Waals surface area contributed by atoms with Crippen molar-refractivity contribution in [1.82, 2.24) is 20.7 Å². The predicted molar refractivity (Wildman–Crippen MR) is 87.9 cm³/mol. The summed E-state index contributed by atoms with van der Waals surface area (Å²) in [4.78, 5) is 12.2. The molecule has 2 aromatic heterocycles. The molecule has 0 aliphatic rings. The first-order chi connectivity index (χ1) is 11.7. The maximum absolute atomic E-state index is 12.2. The maximum Gasteiger partial charge on any atom is 0.269 e. The van der Waals surface area contributed by atoms with Gasteiger partial charge in [0.25, 0.3) is 5.91 Å². The molecule has 0 spiro atoms. The zero-order valence-corrected chi connectivity index (χ0v) is 13.5. The smallest absolute Gasteiger partial charge is 0.269 e. The Morgan fingerprint density at radius 3 is 2.96 bits per heavy atom. The Kier molecular flexibility index (Phi) is 4.60. The van der Waals surface area contributed by atoms with Gasteiger partial charge in [-0.25, -0.2) is 0 Å². The van der Waals surface area contributed by atoms with Gasteiger partial charge in [-0.05, 0) is 25.1 Å². The van der Waals surface area contributed by atoms with Gasteiger partial charge in [-0.2, -0.15) is 5.10 Å². The van der Waals surface area contributed by atoms with Crippen LogP contribution in [0.1, 0.15) is 21.9 Å². The molecule has 0 aliphatic carbocycles. The van der Waals surface area contributed by atoms with Crippen molar-refractivity contribution in [2.45, 2.75) is 13.3 Å². The number of ether oxygens (including phenoxy) is 1.